The zero-order valence-electron chi connectivity index (χ0n) is 22.8. The Balaban J connectivity index is 1.49. The summed E-state index contributed by atoms with van der Waals surface area (Å²) >= 11 is 0. The van der Waals surface area contributed by atoms with E-state index in [1.807, 2.05) is 0 Å². The van der Waals surface area contributed by atoms with E-state index in [9.17, 15) is 0 Å². The van der Waals surface area contributed by atoms with E-state index < -0.39 is 0 Å². The van der Waals surface area contributed by atoms with Gasteiger partial charge in [0.15, 0.2) is 0 Å². The molecule has 0 unspecified atom stereocenters. The highest BCUT2D eigenvalue weighted by molar-refractivity contribution is 6.26. The van der Waals surface area contributed by atoms with Gasteiger partial charge < -0.3 is 4.57 Å². The first-order valence-corrected chi connectivity index (χ1v) is 14.3. The van der Waals surface area contributed by atoms with Gasteiger partial charge in [-0.05, 0) is 41.8 Å². The van der Waals surface area contributed by atoms with E-state index >= 15 is 0 Å². The molecule has 0 saturated carbocycles. The highest BCUT2D eigenvalue weighted by atomic mass is 15.1. The Labute approximate surface area is 242 Å². The van der Waals surface area contributed by atoms with Crippen molar-refractivity contribution in [2.75, 3.05) is 0 Å². The van der Waals surface area contributed by atoms with E-state index in [0.29, 0.717) is 0 Å². The van der Waals surface area contributed by atoms with E-state index in [2.05, 4.69) is 161 Å². The average Bonchev–Trinajstić information content (AvgIpc) is 3.58. The lowest BCUT2D eigenvalue weighted by atomic mass is 10.1. The molecule has 0 saturated heterocycles. The van der Waals surface area contributed by atoms with Crippen molar-refractivity contribution in [2.45, 2.75) is 0 Å². The summed E-state index contributed by atoms with van der Waals surface area (Å²) in [5.41, 5.74) is 7.95. The van der Waals surface area contributed by atoms with Gasteiger partial charge in [0.2, 0.25) is 0 Å². The van der Waals surface area contributed by atoms with Crippen molar-refractivity contribution in [2.24, 2.45) is 0 Å². The Hall–Kier alpha value is -5.67. The first kappa shape index (κ1) is 23.1. The van der Waals surface area contributed by atoms with Crippen molar-refractivity contribution in [3.63, 3.8) is 0 Å². The Morgan fingerprint density at radius 2 is 1.05 bits per heavy atom. The van der Waals surface area contributed by atoms with Crippen molar-refractivity contribution in [1.29, 1.82) is 0 Å². The molecule has 196 valence electrons. The lowest BCUT2D eigenvalue weighted by Crippen LogP contribution is -2.00. The summed E-state index contributed by atoms with van der Waals surface area (Å²) in [6.07, 6.45) is 0. The van der Waals surface area contributed by atoms with E-state index in [1.165, 1.54) is 38.0 Å². The molecule has 0 aliphatic carbocycles. The van der Waals surface area contributed by atoms with Crippen LogP contribution in [0.3, 0.4) is 0 Å². The van der Waals surface area contributed by atoms with Crippen LogP contribution >= 0.6 is 0 Å². The topological polar surface area (TPSA) is 22.8 Å². The van der Waals surface area contributed by atoms with E-state index in [-0.39, 0.29) is 0 Å². The third-order valence-electron chi connectivity index (χ3n) is 8.49. The minimum Gasteiger partial charge on any atom is -0.309 e. The van der Waals surface area contributed by atoms with Gasteiger partial charge in [-0.3, -0.25) is 4.57 Å². The van der Waals surface area contributed by atoms with Crippen LogP contribution < -0.4 is 0 Å². The maximum atomic E-state index is 5.37. The van der Waals surface area contributed by atoms with Crippen LogP contribution in [0.5, 0.6) is 0 Å². The van der Waals surface area contributed by atoms with Gasteiger partial charge in [0.1, 0.15) is 5.82 Å². The summed E-state index contributed by atoms with van der Waals surface area (Å²) < 4.78 is 4.79. The standard InChI is InChI=1S/C39H25N3/c1-3-13-26(14-4-1)33-25-27-15-7-8-18-29(27)39(40-33)42-35-22-12-10-20-32(35)37-36(42)24-23-31-30-19-9-11-21-34(30)41(38(31)37)28-16-5-2-6-17-28/h1-25H. The SMILES string of the molecule is c1ccc(-c2cc3ccccc3c(-n3c4ccccc4c4c3ccc3c5ccccc5n(-c5ccccc5)c34)n2)cc1. The van der Waals surface area contributed by atoms with Crippen LogP contribution in [0.2, 0.25) is 0 Å². The third-order valence-corrected chi connectivity index (χ3v) is 8.49. The molecule has 3 aromatic heterocycles. The zero-order chi connectivity index (χ0) is 27.6. The monoisotopic (exact) mass is 535 g/mol. The Kier molecular flexibility index (Phi) is 4.90. The fraction of sp³-hybridized carbons (Fsp3) is 0. The molecule has 0 N–H and O–H groups in total. The van der Waals surface area contributed by atoms with Gasteiger partial charge in [0, 0.05) is 38.2 Å². The van der Waals surface area contributed by atoms with Crippen LogP contribution in [-0.4, -0.2) is 14.1 Å². The second-order valence-electron chi connectivity index (χ2n) is 10.8. The Morgan fingerprint density at radius 3 is 1.83 bits per heavy atom. The summed E-state index contributed by atoms with van der Waals surface area (Å²) in [5.74, 6) is 0.944. The molecule has 0 radical (unpaired) electrons. The number of nitrogens with zero attached hydrogens (tertiary/aromatic N) is 3. The molecule has 3 nitrogen and oxygen atoms in total. The number of pyridine rings is 1. The number of rotatable bonds is 3. The molecule has 9 rings (SSSR count). The van der Waals surface area contributed by atoms with Crippen LogP contribution in [0.4, 0.5) is 0 Å². The summed E-state index contributed by atoms with van der Waals surface area (Å²) in [6.45, 7) is 0. The molecule has 9 aromatic rings. The van der Waals surface area contributed by atoms with Gasteiger partial charge in [-0.25, -0.2) is 4.98 Å². The minimum atomic E-state index is 0.944. The molecular formula is C39H25N3. The number of para-hydroxylation sites is 3. The van der Waals surface area contributed by atoms with E-state index in [0.717, 1.165) is 39.2 Å². The molecular weight excluding hydrogens is 510 g/mol. The van der Waals surface area contributed by atoms with Crippen LogP contribution in [-0.2, 0) is 0 Å². The lowest BCUT2D eigenvalue weighted by molar-refractivity contribution is 1.10. The predicted octanol–water partition coefficient (Wildman–Crippen LogP) is 10.1. The number of benzene rings is 6. The maximum absolute atomic E-state index is 5.37. The molecule has 0 amide bonds. The Bertz CT molecular complexity index is 2450. The summed E-state index contributed by atoms with van der Waals surface area (Å²) in [5, 5.41) is 7.26. The molecule has 3 heterocycles. The zero-order valence-corrected chi connectivity index (χ0v) is 22.8. The molecule has 0 aliphatic heterocycles. The van der Waals surface area contributed by atoms with Gasteiger partial charge >= 0.3 is 0 Å². The molecule has 42 heavy (non-hydrogen) atoms. The van der Waals surface area contributed by atoms with Crippen molar-refractivity contribution < 1.29 is 0 Å². The third kappa shape index (κ3) is 3.25. The second-order valence-corrected chi connectivity index (χ2v) is 10.8. The molecule has 0 aliphatic rings. The van der Waals surface area contributed by atoms with Crippen LogP contribution in [0.1, 0.15) is 0 Å². The molecule has 0 bridgehead atoms. The number of fused-ring (bicyclic) bond motifs is 8. The van der Waals surface area contributed by atoms with Crippen molar-refractivity contribution >= 4 is 54.4 Å². The quantitative estimate of drug-likeness (QED) is 0.221. The van der Waals surface area contributed by atoms with Gasteiger partial charge in [-0.1, -0.05) is 115 Å². The van der Waals surface area contributed by atoms with Gasteiger partial charge in [0.25, 0.3) is 0 Å². The van der Waals surface area contributed by atoms with Crippen LogP contribution in [0, 0.1) is 0 Å². The van der Waals surface area contributed by atoms with E-state index in [4.69, 9.17) is 4.98 Å². The molecule has 0 fully saturated rings. The van der Waals surface area contributed by atoms with Gasteiger partial charge in [-0.15, -0.1) is 0 Å². The van der Waals surface area contributed by atoms with Gasteiger partial charge in [0.05, 0.1) is 27.8 Å². The summed E-state index contributed by atoms with van der Waals surface area (Å²) in [7, 11) is 0. The number of hydrogen-bond acceptors (Lipinski definition) is 1. The van der Waals surface area contributed by atoms with E-state index in [1.54, 1.807) is 0 Å². The van der Waals surface area contributed by atoms with Crippen LogP contribution in [0.25, 0.3) is 77.1 Å². The fourth-order valence-corrected chi connectivity index (χ4v) is 6.69. The smallest absolute Gasteiger partial charge is 0.146 e. The highest BCUT2D eigenvalue weighted by Crippen LogP contribution is 2.42. The predicted molar refractivity (Wildman–Crippen MR) is 176 cm³/mol. The largest absolute Gasteiger partial charge is 0.309 e. The fourth-order valence-electron chi connectivity index (χ4n) is 6.69. The van der Waals surface area contributed by atoms with Gasteiger partial charge in [-0.2, -0.15) is 0 Å². The summed E-state index contributed by atoms with van der Waals surface area (Å²) in [6, 6.07) is 54.0. The normalized spacial score (nSPS) is 11.8. The minimum absolute atomic E-state index is 0.944. The van der Waals surface area contributed by atoms with Crippen LogP contribution in [0.15, 0.2) is 152 Å². The molecule has 0 spiro atoms. The molecule has 3 heteroatoms. The first-order chi connectivity index (χ1) is 20.9. The average molecular weight is 536 g/mol. The number of aromatic nitrogens is 3. The highest BCUT2D eigenvalue weighted by Gasteiger charge is 2.22. The Morgan fingerprint density at radius 1 is 0.429 bits per heavy atom. The van der Waals surface area contributed by atoms with Crippen molar-refractivity contribution in [3.8, 4) is 22.8 Å². The molecule has 0 atom stereocenters. The lowest BCUT2D eigenvalue weighted by Gasteiger charge is -2.13. The summed E-state index contributed by atoms with van der Waals surface area (Å²) in [4.78, 5) is 5.37. The van der Waals surface area contributed by atoms with Crippen molar-refractivity contribution in [1.82, 2.24) is 14.1 Å². The maximum Gasteiger partial charge on any atom is 0.146 e. The number of hydrogen-bond donors (Lipinski definition) is 0. The van der Waals surface area contributed by atoms with Crippen molar-refractivity contribution in [3.05, 3.63) is 152 Å². The molecule has 6 aromatic carbocycles. The first-order valence-electron chi connectivity index (χ1n) is 14.3. The second kappa shape index (κ2) is 8.92.